The summed E-state index contributed by atoms with van der Waals surface area (Å²) in [5.41, 5.74) is 1.45. The van der Waals surface area contributed by atoms with Crippen molar-refractivity contribution in [3.05, 3.63) is 68.1 Å². The molecule has 0 saturated carbocycles. The van der Waals surface area contributed by atoms with Crippen molar-refractivity contribution >= 4 is 45.0 Å². The molecule has 0 spiro atoms. The summed E-state index contributed by atoms with van der Waals surface area (Å²) in [5, 5.41) is 1.17. The van der Waals surface area contributed by atoms with Gasteiger partial charge in [0, 0.05) is 33.7 Å². The van der Waals surface area contributed by atoms with E-state index in [4.69, 9.17) is 23.2 Å². The molecule has 0 fully saturated rings. The van der Waals surface area contributed by atoms with Crippen molar-refractivity contribution in [2.24, 2.45) is 0 Å². The second-order valence-electron chi connectivity index (χ2n) is 4.41. The van der Waals surface area contributed by atoms with Crippen molar-refractivity contribution in [2.75, 3.05) is 7.05 Å². The van der Waals surface area contributed by atoms with Crippen LogP contribution < -0.4 is 0 Å². The van der Waals surface area contributed by atoms with E-state index in [0.717, 1.165) is 10.0 Å². The first-order valence-electron chi connectivity index (χ1n) is 5.92. The fourth-order valence-corrected chi connectivity index (χ4v) is 2.91. The van der Waals surface area contributed by atoms with Crippen LogP contribution in [0.25, 0.3) is 0 Å². The fourth-order valence-electron chi connectivity index (χ4n) is 1.85. The van der Waals surface area contributed by atoms with E-state index in [2.05, 4.69) is 15.9 Å². The SMILES string of the molecule is CN(Cc1ccccc1Cl)C(=O)c1cc(Cl)cc(Br)c1. The van der Waals surface area contributed by atoms with Gasteiger partial charge in [0.05, 0.1) is 0 Å². The monoisotopic (exact) mass is 371 g/mol. The maximum Gasteiger partial charge on any atom is 0.253 e. The van der Waals surface area contributed by atoms with Gasteiger partial charge in [-0.2, -0.15) is 0 Å². The third-order valence-corrected chi connectivity index (χ3v) is 3.87. The van der Waals surface area contributed by atoms with Crippen LogP contribution in [0.1, 0.15) is 15.9 Å². The lowest BCUT2D eigenvalue weighted by Crippen LogP contribution is -2.26. The largest absolute Gasteiger partial charge is 0.337 e. The van der Waals surface area contributed by atoms with Crippen LogP contribution in [0, 0.1) is 0 Å². The van der Waals surface area contributed by atoms with Crippen LogP contribution in [-0.4, -0.2) is 17.9 Å². The van der Waals surface area contributed by atoms with E-state index in [1.807, 2.05) is 24.3 Å². The van der Waals surface area contributed by atoms with E-state index >= 15 is 0 Å². The Kier molecular flexibility index (Phi) is 5.08. The average Bonchev–Trinajstić information content (AvgIpc) is 2.39. The Morgan fingerprint density at radius 1 is 1.20 bits per heavy atom. The molecular formula is C15H12BrCl2NO. The Labute approximate surface area is 136 Å². The van der Waals surface area contributed by atoms with E-state index in [-0.39, 0.29) is 5.91 Å². The third kappa shape index (κ3) is 3.75. The molecule has 0 aliphatic heterocycles. The summed E-state index contributed by atoms with van der Waals surface area (Å²) in [6.07, 6.45) is 0. The summed E-state index contributed by atoms with van der Waals surface area (Å²) in [6, 6.07) is 12.6. The molecule has 0 N–H and O–H groups in total. The minimum Gasteiger partial charge on any atom is -0.337 e. The highest BCUT2D eigenvalue weighted by atomic mass is 79.9. The minimum atomic E-state index is -0.104. The third-order valence-electron chi connectivity index (χ3n) is 2.82. The average molecular weight is 373 g/mol. The second-order valence-corrected chi connectivity index (χ2v) is 6.17. The summed E-state index contributed by atoms with van der Waals surface area (Å²) in [7, 11) is 1.74. The van der Waals surface area contributed by atoms with Crippen molar-refractivity contribution in [1.82, 2.24) is 4.90 Å². The first-order valence-corrected chi connectivity index (χ1v) is 7.47. The zero-order valence-corrected chi connectivity index (χ0v) is 13.8. The molecule has 0 bridgehead atoms. The number of hydrogen-bond acceptors (Lipinski definition) is 1. The van der Waals surface area contributed by atoms with Crippen LogP contribution >= 0.6 is 39.1 Å². The molecule has 2 rings (SSSR count). The van der Waals surface area contributed by atoms with Gasteiger partial charge in [0.25, 0.3) is 5.91 Å². The number of amides is 1. The van der Waals surface area contributed by atoms with Gasteiger partial charge in [-0.25, -0.2) is 0 Å². The highest BCUT2D eigenvalue weighted by Crippen LogP contribution is 2.22. The molecule has 0 aliphatic rings. The number of halogens is 3. The summed E-state index contributed by atoms with van der Waals surface area (Å²) < 4.78 is 0.777. The lowest BCUT2D eigenvalue weighted by atomic mass is 10.1. The number of carbonyl (C=O) groups excluding carboxylic acids is 1. The fraction of sp³-hybridized carbons (Fsp3) is 0.133. The predicted molar refractivity (Wildman–Crippen MR) is 86.4 cm³/mol. The van der Waals surface area contributed by atoms with Gasteiger partial charge in [0.15, 0.2) is 0 Å². The van der Waals surface area contributed by atoms with Crippen LogP contribution in [0.3, 0.4) is 0 Å². The predicted octanol–water partition coefficient (Wildman–Crippen LogP) is 5.03. The Balaban J connectivity index is 2.18. The zero-order chi connectivity index (χ0) is 14.7. The second kappa shape index (κ2) is 6.61. The lowest BCUT2D eigenvalue weighted by molar-refractivity contribution is 0.0785. The van der Waals surface area contributed by atoms with Crippen molar-refractivity contribution in [3.8, 4) is 0 Å². The van der Waals surface area contributed by atoms with Crippen LogP contribution in [-0.2, 0) is 6.54 Å². The maximum atomic E-state index is 12.4. The normalized spacial score (nSPS) is 10.4. The summed E-state index contributed by atoms with van der Waals surface area (Å²) in [4.78, 5) is 14.0. The van der Waals surface area contributed by atoms with E-state index in [1.165, 1.54) is 0 Å². The van der Waals surface area contributed by atoms with E-state index in [1.54, 1.807) is 30.1 Å². The molecule has 5 heteroatoms. The molecule has 0 radical (unpaired) electrons. The smallest absolute Gasteiger partial charge is 0.253 e. The number of benzene rings is 2. The summed E-state index contributed by atoms with van der Waals surface area (Å²) >= 11 is 15.4. The van der Waals surface area contributed by atoms with Gasteiger partial charge < -0.3 is 4.90 Å². The highest BCUT2D eigenvalue weighted by molar-refractivity contribution is 9.10. The first-order chi connectivity index (χ1) is 9.47. The minimum absolute atomic E-state index is 0.104. The summed E-state index contributed by atoms with van der Waals surface area (Å²) in [6.45, 7) is 0.447. The first kappa shape index (κ1) is 15.4. The van der Waals surface area contributed by atoms with Gasteiger partial charge in [-0.3, -0.25) is 4.79 Å². The maximum absolute atomic E-state index is 12.4. The molecular weight excluding hydrogens is 361 g/mol. The van der Waals surface area contributed by atoms with E-state index in [0.29, 0.717) is 22.2 Å². The molecule has 2 nitrogen and oxygen atoms in total. The van der Waals surface area contributed by atoms with Gasteiger partial charge in [-0.1, -0.05) is 57.3 Å². The quantitative estimate of drug-likeness (QED) is 0.739. The molecule has 0 unspecified atom stereocenters. The van der Waals surface area contributed by atoms with Crippen LogP contribution in [0.15, 0.2) is 46.9 Å². The van der Waals surface area contributed by atoms with Crippen LogP contribution in [0.2, 0.25) is 10.0 Å². The van der Waals surface area contributed by atoms with Crippen molar-refractivity contribution in [3.63, 3.8) is 0 Å². The van der Waals surface area contributed by atoms with Crippen molar-refractivity contribution < 1.29 is 4.79 Å². The van der Waals surface area contributed by atoms with Gasteiger partial charge in [0.2, 0.25) is 0 Å². The molecule has 2 aromatic carbocycles. The zero-order valence-electron chi connectivity index (χ0n) is 10.7. The standard InChI is InChI=1S/C15H12BrCl2NO/c1-19(9-10-4-2-3-5-14(10)18)15(20)11-6-12(16)8-13(17)7-11/h2-8H,9H2,1H3. The van der Waals surface area contributed by atoms with Gasteiger partial charge in [0.1, 0.15) is 0 Å². The molecule has 20 heavy (non-hydrogen) atoms. The van der Waals surface area contributed by atoms with Gasteiger partial charge in [-0.15, -0.1) is 0 Å². The molecule has 0 aliphatic carbocycles. The lowest BCUT2D eigenvalue weighted by Gasteiger charge is -2.18. The molecule has 1 amide bonds. The molecule has 0 atom stereocenters. The Morgan fingerprint density at radius 3 is 2.55 bits per heavy atom. The van der Waals surface area contributed by atoms with Crippen molar-refractivity contribution in [1.29, 1.82) is 0 Å². The number of carbonyl (C=O) groups is 1. The van der Waals surface area contributed by atoms with Crippen LogP contribution in [0.5, 0.6) is 0 Å². The van der Waals surface area contributed by atoms with E-state index in [9.17, 15) is 4.79 Å². The molecule has 0 saturated heterocycles. The molecule has 0 heterocycles. The number of nitrogens with zero attached hydrogens (tertiary/aromatic N) is 1. The Hall–Kier alpha value is -1.03. The molecule has 0 aromatic heterocycles. The molecule has 104 valence electrons. The van der Waals surface area contributed by atoms with Gasteiger partial charge in [-0.05, 0) is 29.8 Å². The summed E-state index contributed by atoms with van der Waals surface area (Å²) in [5.74, 6) is -0.104. The topological polar surface area (TPSA) is 20.3 Å². The van der Waals surface area contributed by atoms with Gasteiger partial charge >= 0.3 is 0 Å². The van der Waals surface area contributed by atoms with Crippen LogP contribution in [0.4, 0.5) is 0 Å². The Morgan fingerprint density at radius 2 is 1.90 bits per heavy atom. The van der Waals surface area contributed by atoms with Crippen molar-refractivity contribution in [2.45, 2.75) is 6.54 Å². The number of hydrogen-bond donors (Lipinski definition) is 0. The molecule has 2 aromatic rings. The number of rotatable bonds is 3. The Bertz CT molecular complexity index is 625. The van der Waals surface area contributed by atoms with E-state index < -0.39 is 0 Å². The highest BCUT2D eigenvalue weighted by Gasteiger charge is 2.14.